The van der Waals surface area contributed by atoms with Crippen LogP contribution in [0.3, 0.4) is 0 Å². The number of hydrogen-bond acceptors (Lipinski definition) is 5. The van der Waals surface area contributed by atoms with Crippen molar-refractivity contribution in [1.82, 2.24) is 4.72 Å². The molecule has 1 amide bonds. The number of nitrogens with zero attached hydrogens (tertiary/aromatic N) is 1. The van der Waals surface area contributed by atoms with E-state index < -0.39 is 10.0 Å². The molecule has 0 aliphatic carbocycles. The summed E-state index contributed by atoms with van der Waals surface area (Å²) in [6.07, 6.45) is 3.53. The number of anilines is 1. The Hall–Kier alpha value is -3.65. The summed E-state index contributed by atoms with van der Waals surface area (Å²) in [7, 11) is -3.78. The molecule has 0 saturated carbocycles. The molecule has 1 aliphatic rings. The lowest BCUT2D eigenvalue weighted by Crippen LogP contribution is -2.30. The van der Waals surface area contributed by atoms with Gasteiger partial charge in [-0.15, -0.1) is 0 Å². The van der Waals surface area contributed by atoms with Gasteiger partial charge in [0.1, 0.15) is 18.2 Å². The van der Waals surface area contributed by atoms with Crippen LogP contribution in [-0.2, 0) is 16.6 Å². The Morgan fingerprint density at radius 3 is 2.50 bits per heavy atom. The number of amidine groups is 1. The lowest BCUT2D eigenvalue weighted by Gasteiger charge is -2.11. The van der Waals surface area contributed by atoms with Gasteiger partial charge < -0.3 is 10.1 Å². The van der Waals surface area contributed by atoms with Crippen molar-refractivity contribution in [3.63, 3.8) is 0 Å². The number of ether oxygens (including phenoxy) is 1. The van der Waals surface area contributed by atoms with Gasteiger partial charge in [-0.25, -0.2) is 8.42 Å². The molecule has 3 aromatic carbocycles. The van der Waals surface area contributed by atoms with Crippen molar-refractivity contribution < 1.29 is 17.9 Å². The van der Waals surface area contributed by atoms with Crippen LogP contribution in [0.25, 0.3) is 0 Å². The van der Waals surface area contributed by atoms with E-state index in [4.69, 9.17) is 4.74 Å². The minimum atomic E-state index is -3.78. The van der Waals surface area contributed by atoms with Crippen molar-refractivity contribution in [2.45, 2.75) is 37.2 Å². The van der Waals surface area contributed by atoms with E-state index in [0.29, 0.717) is 36.7 Å². The van der Waals surface area contributed by atoms with Gasteiger partial charge in [0.15, 0.2) is 0 Å². The van der Waals surface area contributed by atoms with E-state index in [2.05, 4.69) is 15.0 Å². The van der Waals surface area contributed by atoms with Crippen LogP contribution in [0.4, 0.5) is 5.69 Å². The molecule has 0 atom stereocenters. The van der Waals surface area contributed by atoms with Gasteiger partial charge in [-0.05, 0) is 60.9 Å². The molecular formula is C26H27N3O4S. The first-order chi connectivity index (χ1) is 16.5. The Balaban J connectivity index is 1.38. The second-order valence-corrected chi connectivity index (χ2v) is 9.71. The Morgan fingerprint density at radius 1 is 0.912 bits per heavy atom. The standard InChI is InChI=1S/C26H27N3O4S/c30-26(21-15-13-20(14-16-21)19-33-23-9-3-1-4-10-23)28-22-8-7-11-24(18-22)34(31,32)29-25-12-5-2-6-17-27-25/h1,3-4,7-11,13-16,18H,2,5-6,12,17,19H2,(H,27,29)(H,28,30). The number of carbonyl (C=O) groups excluding carboxylic acids is 1. The van der Waals surface area contributed by atoms with E-state index >= 15 is 0 Å². The lowest BCUT2D eigenvalue weighted by atomic mass is 10.1. The molecule has 0 saturated heterocycles. The second kappa shape index (κ2) is 11.0. The zero-order valence-corrected chi connectivity index (χ0v) is 19.6. The smallest absolute Gasteiger partial charge is 0.262 e. The summed E-state index contributed by atoms with van der Waals surface area (Å²) >= 11 is 0. The summed E-state index contributed by atoms with van der Waals surface area (Å²) in [6.45, 7) is 1.02. The molecule has 7 nitrogen and oxygen atoms in total. The van der Waals surface area contributed by atoms with Crippen molar-refractivity contribution >= 4 is 27.5 Å². The van der Waals surface area contributed by atoms with Crippen LogP contribution in [-0.4, -0.2) is 26.7 Å². The molecule has 0 aromatic heterocycles. The molecule has 2 N–H and O–H groups in total. The summed E-state index contributed by atoms with van der Waals surface area (Å²) < 4.78 is 33.9. The zero-order chi connectivity index (χ0) is 23.8. The Morgan fingerprint density at radius 2 is 1.71 bits per heavy atom. The predicted molar refractivity (Wildman–Crippen MR) is 133 cm³/mol. The van der Waals surface area contributed by atoms with Crippen molar-refractivity contribution in [3.8, 4) is 5.75 Å². The molecule has 3 aromatic rings. The quantitative estimate of drug-likeness (QED) is 0.512. The highest BCUT2D eigenvalue weighted by atomic mass is 32.2. The topological polar surface area (TPSA) is 96.9 Å². The van der Waals surface area contributed by atoms with E-state index in [1.807, 2.05) is 42.5 Å². The van der Waals surface area contributed by atoms with E-state index in [-0.39, 0.29) is 10.8 Å². The van der Waals surface area contributed by atoms with E-state index in [1.165, 1.54) is 12.1 Å². The van der Waals surface area contributed by atoms with Gasteiger partial charge in [-0.1, -0.05) is 42.8 Å². The zero-order valence-electron chi connectivity index (χ0n) is 18.7. The minimum Gasteiger partial charge on any atom is -0.489 e. The van der Waals surface area contributed by atoms with Crippen LogP contribution >= 0.6 is 0 Å². The van der Waals surface area contributed by atoms with Gasteiger partial charge in [-0.2, -0.15) is 0 Å². The third-order valence-corrected chi connectivity index (χ3v) is 6.77. The molecule has 0 fully saturated rings. The molecular weight excluding hydrogens is 450 g/mol. The monoisotopic (exact) mass is 477 g/mol. The molecule has 176 valence electrons. The van der Waals surface area contributed by atoms with Crippen LogP contribution in [0, 0.1) is 0 Å². The first kappa shape index (κ1) is 23.5. The summed E-state index contributed by atoms with van der Waals surface area (Å²) in [5, 5.41) is 2.77. The van der Waals surface area contributed by atoms with Crippen LogP contribution in [0.15, 0.2) is 88.8 Å². The van der Waals surface area contributed by atoms with E-state index in [1.54, 1.807) is 24.3 Å². The highest BCUT2D eigenvalue weighted by Gasteiger charge is 2.18. The third-order valence-electron chi connectivity index (χ3n) is 5.39. The fourth-order valence-corrected chi connectivity index (χ4v) is 4.69. The number of aliphatic imine (C=N–C) groups is 1. The van der Waals surface area contributed by atoms with Gasteiger partial charge in [0, 0.05) is 24.2 Å². The maximum absolute atomic E-state index is 12.8. The SMILES string of the molecule is O=C(Nc1cccc(S(=O)(=O)NC2=NCCCCC2)c1)c1ccc(COc2ccccc2)cc1. The fourth-order valence-electron chi connectivity index (χ4n) is 3.55. The van der Waals surface area contributed by atoms with Crippen molar-refractivity contribution in [2.24, 2.45) is 4.99 Å². The average Bonchev–Trinajstić information content (AvgIpc) is 3.12. The van der Waals surface area contributed by atoms with Crippen molar-refractivity contribution in [1.29, 1.82) is 0 Å². The Kier molecular flexibility index (Phi) is 7.59. The molecule has 0 unspecified atom stereocenters. The molecule has 4 rings (SSSR count). The molecule has 34 heavy (non-hydrogen) atoms. The highest BCUT2D eigenvalue weighted by molar-refractivity contribution is 7.90. The number of benzene rings is 3. The fraction of sp³-hybridized carbons (Fsp3) is 0.231. The lowest BCUT2D eigenvalue weighted by molar-refractivity contribution is 0.102. The summed E-state index contributed by atoms with van der Waals surface area (Å²) in [5.41, 5.74) is 1.79. The molecule has 8 heteroatoms. The van der Waals surface area contributed by atoms with Gasteiger partial charge >= 0.3 is 0 Å². The summed E-state index contributed by atoms with van der Waals surface area (Å²) in [6, 6.07) is 22.8. The maximum atomic E-state index is 12.8. The third kappa shape index (κ3) is 6.45. The molecule has 0 radical (unpaired) electrons. The first-order valence-electron chi connectivity index (χ1n) is 11.2. The van der Waals surface area contributed by atoms with Gasteiger partial charge in [-0.3, -0.25) is 14.5 Å². The first-order valence-corrected chi connectivity index (χ1v) is 12.7. The molecule has 1 aliphatic heterocycles. The van der Waals surface area contributed by atoms with Crippen LogP contribution in [0.5, 0.6) is 5.75 Å². The molecule has 0 bridgehead atoms. The van der Waals surface area contributed by atoms with E-state index in [0.717, 1.165) is 30.6 Å². The van der Waals surface area contributed by atoms with Gasteiger partial charge in [0.2, 0.25) is 0 Å². The highest BCUT2D eigenvalue weighted by Crippen LogP contribution is 2.18. The summed E-state index contributed by atoms with van der Waals surface area (Å²) in [5.74, 6) is 0.939. The van der Waals surface area contributed by atoms with Crippen LogP contribution in [0.1, 0.15) is 41.6 Å². The van der Waals surface area contributed by atoms with Crippen molar-refractivity contribution in [3.05, 3.63) is 90.0 Å². The van der Waals surface area contributed by atoms with Crippen LogP contribution < -0.4 is 14.8 Å². The minimum absolute atomic E-state index is 0.0747. The van der Waals surface area contributed by atoms with E-state index in [9.17, 15) is 13.2 Å². The largest absolute Gasteiger partial charge is 0.489 e. The number of nitrogens with one attached hydrogen (secondary N) is 2. The van der Waals surface area contributed by atoms with Crippen molar-refractivity contribution in [2.75, 3.05) is 11.9 Å². The molecule has 0 spiro atoms. The van der Waals surface area contributed by atoms with Gasteiger partial charge in [0.05, 0.1) is 4.90 Å². The number of sulfonamides is 1. The normalized spacial score (nSPS) is 13.9. The maximum Gasteiger partial charge on any atom is 0.262 e. The number of rotatable bonds is 7. The summed E-state index contributed by atoms with van der Waals surface area (Å²) in [4.78, 5) is 17.1. The Bertz CT molecular complexity index is 1260. The Labute approximate surface area is 199 Å². The number of para-hydroxylation sites is 1. The van der Waals surface area contributed by atoms with Crippen LogP contribution in [0.2, 0.25) is 0 Å². The average molecular weight is 478 g/mol. The molecule has 1 heterocycles. The number of carbonyl (C=O) groups is 1. The number of hydrogen-bond donors (Lipinski definition) is 2. The second-order valence-electron chi connectivity index (χ2n) is 8.03. The number of amides is 1. The predicted octanol–water partition coefficient (Wildman–Crippen LogP) is 4.77. The van der Waals surface area contributed by atoms with Gasteiger partial charge in [0.25, 0.3) is 15.9 Å².